The van der Waals surface area contributed by atoms with E-state index in [4.69, 9.17) is 5.11 Å². The van der Waals surface area contributed by atoms with Gasteiger partial charge in [-0.1, -0.05) is 48.5 Å². The average Bonchev–Trinajstić information content (AvgIpc) is 2.88. The molecule has 0 spiro atoms. The molecule has 2 aromatic rings. The maximum atomic E-state index is 11.0. The van der Waals surface area contributed by atoms with E-state index in [1.807, 2.05) is 36.4 Å². The molecule has 0 aliphatic carbocycles. The van der Waals surface area contributed by atoms with E-state index < -0.39 is 0 Å². The number of carbonyl (C=O) groups excluding carboxylic acids is 1. The quantitative estimate of drug-likeness (QED) is 0.845. The van der Waals surface area contributed by atoms with Gasteiger partial charge in [0.15, 0.2) is 0 Å². The van der Waals surface area contributed by atoms with Crippen molar-refractivity contribution in [3.05, 3.63) is 72.4 Å². The standard InChI is InChI=1S/C9H6N2O.C6H6O/c12-9-8(6-10-11-9)7-4-2-1-3-5-7;7-6-4-2-1-3-5-6/h1-6H;1-5,7H. The van der Waals surface area contributed by atoms with Crippen LogP contribution in [0.3, 0.4) is 0 Å². The molecule has 94 valence electrons. The number of nitrogens with zero attached hydrogens (tertiary/aromatic N) is 2. The molecule has 0 aromatic heterocycles. The highest BCUT2D eigenvalue weighted by molar-refractivity contribution is 6.20. The Kier molecular flexibility index (Phi) is 4.18. The van der Waals surface area contributed by atoms with E-state index in [9.17, 15) is 4.79 Å². The number of rotatable bonds is 1. The summed E-state index contributed by atoms with van der Waals surface area (Å²) in [6.45, 7) is 0. The Balaban J connectivity index is 0.000000163. The minimum Gasteiger partial charge on any atom is -0.508 e. The van der Waals surface area contributed by atoms with Crippen LogP contribution in [0.4, 0.5) is 0 Å². The zero-order valence-electron chi connectivity index (χ0n) is 10.1. The summed E-state index contributed by atoms with van der Waals surface area (Å²) in [7, 11) is 0. The monoisotopic (exact) mass is 252 g/mol. The lowest BCUT2D eigenvalue weighted by atomic mass is 10.1. The van der Waals surface area contributed by atoms with Gasteiger partial charge in [0.1, 0.15) is 5.75 Å². The van der Waals surface area contributed by atoms with Crippen molar-refractivity contribution in [1.82, 2.24) is 0 Å². The van der Waals surface area contributed by atoms with Crippen molar-refractivity contribution in [3.8, 4) is 5.75 Å². The minimum atomic E-state index is -0.263. The number of hydrogen-bond acceptors (Lipinski definition) is 3. The molecule has 1 heterocycles. The van der Waals surface area contributed by atoms with Crippen molar-refractivity contribution in [2.45, 2.75) is 0 Å². The molecule has 4 heteroatoms. The highest BCUT2D eigenvalue weighted by Gasteiger charge is 2.14. The molecule has 0 saturated heterocycles. The molecule has 0 fully saturated rings. The number of phenolic OH excluding ortho intramolecular Hbond substituents is 1. The van der Waals surface area contributed by atoms with Gasteiger partial charge in [0.05, 0.1) is 11.8 Å². The summed E-state index contributed by atoms with van der Waals surface area (Å²) >= 11 is 0. The van der Waals surface area contributed by atoms with Crippen LogP contribution in [0, 0.1) is 0 Å². The van der Waals surface area contributed by atoms with Crippen LogP contribution < -0.4 is 0 Å². The van der Waals surface area contributed by atoms with Gasteiger partial charge in [0, 0.05) is 0 Å². The Morgan fingerprint density at radius 3 is 1.84 bits per heavy atom. The first-order valence-corrected chi connectivity index (χ1v) is 5.72. The first-order chi connectivity index (χ1) is 9.27. The summed E-state index contributed by atoms with van der Waals surface area (Å²) in [5.41, 5.74) is 1.43. The summed E-state index contributed by atoms with van der Waals surface area (Å²) in [6.07, 6.45) is 1.48. The molecule has 1 N–H and O–H groups in total. The molecule has 0 atom stereocenters. The van der Waals surface area contributed by atoms with Crippen molar-refractivity contribution in [1.29, 1.82) is 0 Å². The SMILES string of the molecule is O=C1N=NC=C1c1ccccc1.Oc1ccccc1. The summed E-state index contributed by atoms with van der Waals surface area (Å²) in [6, 6.07) is 18.1. The van der Waals surface area contributed by atoms with Crippen LogP contribution >= 0.6 is 0 Å². The van der Waals surface area contributed by atoms with E-state index in [0.29, 0.717) is 11.3 Å². The minimum absolute atomic E-state index is 0.263. The Labute approximate surface area is 110 Å². The maximum absolute atomic E-state index is 11.0. The normalized spacial score (nSPS) is 12.6. The van der Waals surface area contributed by atoms with Crippen molar-refractivity contribution >= 4 is 11.5 Å². The predicted octanol–water partition coefficient (Wildman–Crippen LogP) is 3.41. The number of aromatic hydroxyl groups is 1. The molecule has 0 saturated carbocycles. The Bertz CT molecular complexity index is 605. The van der Waals surface area contributed by atoms with E-state index in [0.717, 1.165) is 5.56 Å². The van der Waals surface area contributed by atoms with E-state index in [1.54, 1.807) is 24.3 Å². The number of benzene rings is 2. The molecule has 1 aliphatic rings. The van der Waals surface area contributed by atoms with Crippen LogP contribution in [-0.4, -0.2) is 11.0 Å². The Hall–Kier alpha value is -2.75. The molecule has 3 rings (SSSR count). The third-order valence-electron chi connectivity index (χ3n) is 2.41. The van der Waals surface area contributed by atoms with Gasteiger partial charge in [-0.3, -0.25) is 4.79 Å². The van der Waals surface area contributed by atoms with Crippen LogP contribution in [0.15, 0.2) is 77.1 Å². The van der Waals surface area contributed by atoms with Crippen LogP contribution in [0.1, 0.15) is 5.56 Å². The van der Waals surface area contributed by atoms with E-state index in [-0.39, 0.29) is 5.91 Å². The fourth-order valence-corrected chi connectivity index (χ4v) is 1.49. The molecule has 19 heavy (non-hydrogen) atoms. The molecule has 4 nitrogen and oxygen atoms in total. The number of hydrogen-bond donors (Lipinski definition) is 1. The van der Waals surface area contributed by atoms with E-state index >= 15 is 0 Å². The largest absolute Gasteiger partial charge is 0.508 e. The van der Waals surface area contributed by atoms with Gasteiger partial charge in [0.25, 0.3) is 5.91 Å². The van der Waals surface area contributed by atoms with Crippen LogP contribution in [-0.2, 0) is 4.79 Å². The lowest BCUT2D eigenvalue weighted by Crippen LogP contribution is -1.92. The van der Waals surface area contributed by atoms with Crippen molar-refractivity contribution in [3.63, 3.8) is 0 Å². The fraction of sp³-hybridized carbons (Fsp3) is 0. The van der Waals surface area contributed by atoms with Gasteiger partial charge in [-0.05, 0) is 17.7 Å². The van der Waals surface area contributed by atoms with Crippen LogP contribution in [0.5, 0.6) is 5.75 Å². The van der Waals surface area contributed by atoms with Crippen molar-refractivity contribution in [2.75, 3.05) is 0 Å². The Morgan fingerprint density at radius 1 is 0.842 bits per heavy atom. The summed E-state index contributed by atoms with van der Waals surface area (Å²) in [5, 5.41) is 15.6. The van der Waals surface area contributed by atoms with E-state index in [1.165, 1.54) is 6.20 Å². The van der Waals surface area contributed by atoms with E-state index in [2.05, 4.69) is 10.2 Å². The van der Waals surface area contributed by atoms with Crippen molar-refractivity contribution < 1.29 is 9.90 Å². The second kappa shape index (κ2) is 6.26. The van der Waals surface area contributed by atoms with Gasteiger partial charge in [-0.15, -0.1) is 5.11 Å². The molecule has 1 amide bonds. The summed E-state index contributed by atoms with van der Waals surface area (Å²) in [5.74, 6) is 0.0590. The second-order valence-corrected chi connectivity index (χ2v) is 3.76. The molecule has 0 bridgehead atoms. The zero-order valence-corrected chi connectivity index (χ0v) is 10.1. The Morgan fingerprint density at radius 2 is 1.42 bits per heavy atom. The predicted molar refractivity (Wildman–Crippen MR) is 72.4 cm³/mol. The zero-order chi connectivity index (χ0) is 13.5. The molecule has 0 radical (unpaired) electrons. The first-order valence-electron chi connectivity index (χ1n) is 5.72. The van der Waals surface area contributed by atoms with Gasteiger partial charge < -0.3 is 5.11 Å². The number of phenols is 1. The molecular weight excluding hydrogens is 240 g/mol. The molecular formula is C15H12N2O2. The topological polar surface area (TPSA) is 62.0 Å². The molecule has 1 aliphatic heterocycles. The van der Waals surface area contributed by atoms with Crippen LogP contribution in [0.2, 0.25) is 0 Å². The van der Waals surface area contributed by atoms with Gasteiger partial charge >= 0.3 is 0 Å². The number of para-hydroxylation sites is 1. The fourth-order valence-electron chi connectivity index (χ4n) is 1.49. The van der Waals surface area contributed by atoms with Crippen LogP contribution in [0.25, 0.3) is 5.57 Å². The third kappa shape index (κ3) is 3.61. The van der Waals surface area contributed by atoms with Gasteiger partial charge in [-0.25, -0.2) is 0 Å². The molecule has 0 unspecified atom stereocenters. The average molecular weight is 252 g/mol. The van der Waals surface area contributed by atoms with Gasteiger partial charge in [0.2, 0.25) is 0 Å². The number of carbonyl (C=O) groups is 1. The van der Waals surface area contributed by atoms with Gasteiger partial charge in [-0.2, -0.15) is 5.11 Å². The lowest BCUT2D eigenvalue weighted by Gasteiger charge is -1.95. The number of amides is 1. The lowest BCUT2D eigenvalue weighted by molar-refractivity contribution is -0.112. The third-order valence-corrected chi connectivity index (χ3v) is 2.41. The highest BCUT2D eigenvalue weighted by Crippen LogP contribution is 2.19. The summed E-state index contributed by atoms with van der Waals surface area (Å²) in [4.78, 5) is 11.0. The summed E-state index contributed by atoms with van der Waals surface area (Å²) < 4.78 is 0. The molecule has 2 aromatic carbocycles. The first kappa shape index (κ1) is 12.7. The maximum Gasteiger partial charge on any atom is 0.297 e. The highest BCUT2D eigenvalue weighted by atomic mass is 16.3. The number of azo groups is 1. The van der Waals surface area contributed by atoms with Crippen molar-refractivity contribution in [2.24, 2.45) is 10.2 Å². The second-order valence-electron chi connectivity index (χ2n) is 3.76. The smallest absolute Gasteiger partial charge is 0.297 e.